The second-order valence-corrected chi connectivity index (χ2v) is 4.41. The number of hydrogen-bond donors (Lipinski definition) is 0. The third kappa shape index (κ3) is 1.59. The highest BCUT2D eigenvalue weighted by Crippen LogP contribution is 2.27. The third-order valence-corrected chi connectivity index (χ3v) is 2.59. The van der Waals surface area contributed by atoms with E-state index in [-0.39, 0.29) is 0 Å². The number of nitrogens with zero attached hydrogens (tertiary/aromatic N) is 1. The molecule has 66 valence electrons. The zero-order chi connectivity index (χ0) is 9.26. The fraction of sp³-hybridized carbons (Fsp3) is 0.182. The quantitative estimate of drug-likeness (QED) is 0.688. The second-order valence-electron chi connectivity index (χ2n) is 3.04. The van der Waals surface area contributed by atoms with E-state index in [1.165, 1.54) is 10.9 Å². The Balaban J connectivity index is 2.76. The van der Waals surface area contributed by atoms with Crippen LogP contribution in [-0.4, -0.2) is 4.98 Å². The van der Waals surface area contributed by atoms with Crippen LogP contribution in [0.5, 0.6) is 0 Å². The largest absolute Gasteiger partial charge is 0.256 e. The van der Waals surface area contributed by atoms with E-state index in [4.69, 9.17) is 0 Å². The molecule has 2 aromatic rings. The Hall–Kier alpha value is -0.890. The van der Waals surface area contributed by atoms with Gasteiger partial charge in [-0.2, -0.15) is 0 Å². The minimum absolute atomic E-state index is 0.353. The van der Waals surface area contributed by atoms with E-state index in [0.717, 1.165) is 5.52 Å². The van der Waals surface area contributed by atoms with Crippen molar-refractivity contribution in [3.05, 3.63) is 42.1 Å². The lowest BCUT2D eigenvalue weighted by Gasteiger charge is -2.06. The van der Waals surface area contributed by atoms with Gasteiger partial charge in [-0.15, -0.1) is 0 Å². The van der Waals surface area contributed by atoms with Crippen molar-refractivity contribution in [1.29, 1.82) is 0 Å². The van der Waals surface area contributed by atoms with Crippen molar-refractivity contribution < 1.29 is 0 Å². The van der Waals surface area contributed by atoms with Crippen LogP contribution in [0.3, 0.4) is 0 Å². The van der Waals surface area contributed by atoms with Crippen molar-refractivity contribution in [2.75, 3.05) is 0 Å². The predicted octanol–water partition coefficient (Wildman–Crippen LogP) is 3.69. The molecule has 0 N–H and O–H groups in total. The van der Waals surface area contributed by atoms with Crippen molar-refractivity contribution in [1.82, 2.24) is 4.98 Å². The molecule has 1 nitrogen and oxygen atoms in total. The summed E-state index contributed by atoms with van der Waals surface area (Å²) in [4.78, 5) is 4.73. The molecule has 1 aromatic heterocycles. The highest BCUT2D eigenvalue weighted by molar-refractivity contribution is 9.09. The number of halogens is 1. The summed E-state index contributed by atoms with van der Waals surface area (Å²) in [7, 11) is 0. The number of benzene rings is 1. The van der Waals surface area contributed by atoms with Gasteiger partial charge >= 0.3 is 0 Å². The van der Waals surface area contributed by atoms with Crippen LogP contribution in [0, 0.1) is 0 Å². The van der Waals surface area contributed by atoms with Gasteiger partial charge in [-0.1, -0.05) is 40.2 Å². The van der Waals surface area contributed by atoms with Crippen LogP contribution in [0.1, 0.15) is 17.3 Å². The Bertz CT molecular complexity index is 418. The maximum atomic E-state index is 4.37. The Kier molecular flexibility index (Phi) is 2.32. The van der Waals surface area contributed by atoms with Crippen LogP contribution in [-0.2, 0) is 0 Å². The van der Waals surface area contributed by atoms with Crippen LogP contribution < -0.4 is 0 Å². The lowest BCUT2D eigenvalue weighted by atomic mass is 10.1. The minimum atomic E-state index is 0.353. The highest BCUT2D eigenvalue weighted by Gasteiger charge is 2.05. The van der Waals surface area contributed by atoms with Crippen molar-refractivity contribution in [2.45, 2.75) is 11.8 Å². The molecule has 0 bridgehead atoms. The van der Waals surface area contributed by atoms with E-state index in [0.29, 0.717) is 4.83 Å². The average molecular weight is 236 g/mol. The molecule has 0 amide bonds. The van der Waals surface area contributed by atoms with Crippen molar-refractivity contribution >= 4 is 26.8 Å². The Labute approximate surface area is 85.9 Å². The van der Waals surface area contributed by atoms with Gasteiger partial charge in [0.25, 0.3) is 0 Å². The van der Waals surface area contributed by atoms with Gasteiger partial charge in [0.1, 0.15) is 0 Å². The number of alkyl halides is 1. The maximum absolute atomic E-state index is 4.37. The Morgan fingerprint density at radius 1 is 1.23 bits per heavy atom. The summed E-state index contributed by atoms with van der Waals surface area (Å²) in [6.45, 7) is 2.11. The van der Waals surface area contributed by atoms with Crippen molar-refractivity contribution in [3.8, 4) is 0 Å². The maximum Gasteiger partial charge on any atom is 0.0745 e. The summed E-state index contributed by atoms with van der Waals surface area (Å²) < 4.78 is 0. The molecule has 1 aromatic carbocycles. The topological polar surface area (TPSA) is 12.9 Å². The molecule has 0 saturated heterocycles. The fourth-order valence-corrected chi connectivity index (χ4v) is 1.82. The highest BCUT2D eigenvalue weighted by atomic mass is 79.9. The van der Waals surface area contributed by atoms with Crippen molar-refractivity contribution in [3.63, 3.8) is 0 Å². The zero-order valence-electron chi connectivity index (χ0n) is 7.37. The van der Waals surface area contributed by atoms with E-state index < -0.39 is 0 Å². The number of rotatable bonds is 1. The smallest absolute Gasteiger partial charge is 0.0745 e. The lowest BCUT2D eigenvalue weighted by molar-refractivity contribution is 1.13. The van der Waals surface area contributed by atoms with Crippen molar-refractivity contribution in [2.24, 2.45) is 0 Å². The molecule has 0 radical (unpaired) electrons. The first-order valence-corrected chi connectivity index (χ1v) is 5.18. The summed E-state index contributed by atoms with van der Waals surface area (Å²) in [6.07, 6.45) is 1.83. The first-order valence-electron chi connectivity index (χ1n) is 4.27. The molecule has 0 aliphatic heterocycles. The minimum Gasteiger partial charge on any atom is -0.256 e. The molecule has 1 atom stereocenters. The van der Waals surface area contributed by atoms with Crippen LogP contribution in [0.2, 0.25) is 0 Å². The normalized spacial score (nSPS) is 13.1. The van der Waals surface area contributed by atoms with E-state index in [2.05, 4.69) is 52.1 Å². The van der Waals surface area contributed by atoms with Gasteiger partial charge in [0.15, 0.2) is 0 Å². The number of pyridine rings is 1. The Morgan fingerprint density at radius 2 is 2.00 bits per heavy atom. The van der Waals surface area contributed by atoms with Crippen LogP contribution in [0.25, 0.3) is 10.9 Å². The molecular formula is C11H10BrN. The molecule has 0 spiro atoms. The monoisotopic (exact) mass is 235 g/mol. The lowest BCUT2D eigenvalue weighted by Crippen LogP contribution is -1.88. The summed E-state index contributed by atoms with van der Waals surface area (Å²) in [5.74, 6) is 0. The van der Waals surface area contributed by atoms with E-state index >= 15 is 0 Å². The summed E-state index contributed by atoms with van der Waals surface area (Å²) in [5, 5.41) is 1.20. The van der Waals surface area contributed by atoms with Gasteiger partial charge in [-0.05, 0) is 18.6 Å². The standard InChI is InChI=1S/C11H10BrN/c1-8(12)10-6-2-4-9-5-3-7-13-11(9)10/h2-8H,1H3/t8-/m0/s1. The number of para-hydroxylation sites is 1. The van der Waals surface area contributed by atoms with Gasteiger partial charge in [0, 0.05) is 16.4 Å². The van der Waals surface area contributed by atoms with E-state index in [1.807, 2.05) is 12.3 Å². The van der Waals surface area contributed by atoms with Crippen LogP contribution in [0.15, 0.2) is 36.5 Å². The average Bonchev–Trinajstić information content (AvgIpc) is 2.17. The van der Waals surface area contributed by atoms with E-state index in [1.54, 1.807) is 0 Å². The number of fused-ring (bicyclic) bond motifs is 1. The second kappa shape index (κ2) is 3.46. The van der Waals surface area contributed by atoms with Crippen LogP contribution in [0.4, 0.5) is 0 Å². The first kappa shape index (κ1) is 8.70. The van der Waals surface area contributed by atoms with E-state index in [9.17, 15) is 0 Å². The summed E-state index contributed by atoms with van der Waals surface area (Å²) in [6, 6.07) is 10.3. The fourth-order valence-electron chi connectivity index (χ4n) is 1.45. The van der Waals surface area contributed by atoms with Gasteiger partial charge in [0.2, 0.25) is 0 Å². The SMILES string of the molecule is C[C@H](Br)c1cccc2cccnc12. The van der Waals surface area contributed by atoms with Gasteiger partial charge in [-0.3, -0.25) is 4.98 Å². The molecule has 0 aliphatic carbocycles. The zero-order valence-corrected chi connectivity index (χ0v) is 8.95. The Morgan fingerprint density at radius 3 is 2.77 bits per heavy atom. The molecule has 0 aliphatic rings. The molecular weight excluding hydrogens is 226 g/mol. The molecule has 13 heavy (non-hydrogen) atoms. The predicted molar refractivity (Wildman–Crippen MR) is 59.1 cm³/mol. The number of hydrogen-bond acceptors (Lipinski definition) is 1. The third-order valence-electron chi connectivity index (χ3n) is 2.09. The van der Waals surface area contributed by atoms with Crippen LogP contribution >= 0.6 is 15.9 Å². The molecule has 2 heteroatoms. The number of aromatic nitrogens is 1. The molecule has 0 unspecified atom stereocenters. The molecule has 1 heterocycles. The van der Waals surface area contributed by atoms with Gasteiger partial charge in [-0.25, -0.2) is 0 Å². The summed E-state index contributed by atoms with van der Waals surface area (Å²) >= 11 is 3.56. The summed E-state index contributed by atoms with van der Waals surface area (Å²) in [5.41, 5.74) is 2.34. The molecule has 2 rings (SSSR count). The van der Waals surface area contributed by atoms with Gasteiger partial charge < -0.3 is 0 Å². The van der Waals surface area contributed by atoms with Gasteiger partial charge in [0.05, 0.1) is 5.52 Å². The first-order chi connectivity index (χ1) is 6.29. The molecule has 0 fully saturated rings. The molecule has 0 saturated carbocycles.